The van der Waals surface area contributed by atoms with Gasteiger partial charge in [-0.1, -0.05) is 61.7 Å². The van der Waals surface area contributed by atoms with Crippen LogP contribution in [0.3, 0.4) is 0 Å². The lowest BCUT2D eigenvalue weighted by molar-refractivity contribution is -0.134. The second-order valence-electron chi connectivity index (χ2n) is 9.66. The van der Waals surface area contributed by atoms with Crippen molar-refractivity contribution >= 4 is 11.8 Å². The molecule has 5 nitrogen and oxygen atoms in total. The summed E-state index contributed by atoms with van der Waals surface area (Å²) in [6.45, 7) is 2.33. The number of nitrogens with one attached hydrogen (secondary N) is 1. The van der Waals surface area contributed by atoms with Crippen LogP contribution in [0.1, 0.15) is 55.1 Å². The first-order valence-corrected chi connectivity index (χ1v) is 12.1. The minimum Gasteiger partial charge on any atom is -0.351 e. The van der Waals surface area contributed by atoms with Crippen LogP contribution < -0.4 is 5.32 Å². The number of carbonyl (C=O) groups excluding carboxylic acids is 2. The standard InChI is InChI=1S/C28H30FN3O2/c1-28(27(34)30-23-13-6-3-7-14-23)19-31-24(21-10-4-2-5-11-21)15-16-25(31)26(33)32(28)18-20-9-8-12-22(29)17-20/h2,4-5,8-12,15-17,23H,3,6-7,13-14,18-19H2,1H3,(H,30,34)/t28-/m1/s1. The summed E-state index contributed by atoms with van der Waals surface area (Å²) in [6, 6.07) is 20.0. The summed E-state index contributed by atoms with van der Waals surface area (Å²) in [5, 5.41) is 3.24. The molecule has 1 saturated carbocycles. The second-order valence-corrected chi connectivity index (χ2v) is 9.66. The Hall–Kier alpha value is -3.41. The summed E-state index contributed by atoms with van der Waals surface area (Å²) < 4.78 is 15.9. The van der Waals surface area contributed by atoms with Crippen molar-refractivity contribution < 1.29 is 14.0 Å². The second kappa shape index (κ2) is 9.09. The van der Waals surface area contributed by atoms with Crippen molar-refractivity contribution in [1.29, 1.82) is 0 Å². The van der Waals surface area contributed by atoms with Crippen LogP contribution in [0.4, 0.5) is 4.39 Å². The number of rotatable bonds is 5. The summed E-state index contributed by atoms with van der Waals surface area (Å²) in [5.74, 6) is -0.730. The molecule has 2 amide bonds. The molecule has 34 heavy (non-hydrogen) atoms. The number of nitrogens with zero attached hydrogens (tertiary/aromatic N) is 2. The van der Waals surface area contributed by atoms with Gasteiger partial charge in [-0.25, -0.2) is 4.39 Å². The van der Waals surface area contributed by atoms with Crippen LogP contribution in [0, 0.1) is 5.82 Å². The van der Waals surface area contributed by atoms with Gasteiger partial charge in [-0.3, -0.25) is 9.59 Å². The van der Waals surface area contributed by atoms with Crippen molar-refractivity contribution in [2.45, 2.75) is 63.7 Å². The summed E-state index contributed by atoms with van der Waals surface area (Å²) >= 11 is 0. The zero-order chi connectivity index (χ0) is 23.7. The van der Waals surface area contributed by atoms with Gasteiger partial charge in [0.25, 0.3) is 5.91 Å². The molecule has 2 heterocycles. The largest absolute Gasteiger partial charge is 0.351 e. The molecule has 176 valence electrons. The third-order valence-electron chi connectivity index (χ3n) is 7.24. The van der Waals surface area contributed by atoms with E-state index in [1.807, 2.05) is 54.0 Å². The SMILES string of the molecule is C[C@]1(C(=O)NC2CCCCC2)Cn2c(ccc2-c2ccccc2)C(=O)N1Cc1cccc(F)c1. The maximum absolute atomic E-state index is 13.9. The predicted octanol–water partition coefficient (Wildman–Crippen LogP) is 5.16. The summed E-state index contributed by atoms with van der Waals surface area (Å²) in [5.41, 5.74) is 1.99. The van der Waals surface area contributed by atoms with Crippen molar-refractivity contribution in [2.75, 3.05) is 0 Å². The molecule has 0 radical (unpaired) electrons. The molecule has 1 atom stereocenters. The monoisotopic (exact) mass is 459 g/mol. The first-order chi connectivity index (χ1) is 16.5. The Labute approximate surface area is 199 Å². The summed E-state index contributed by atoms with van der Waals surface area (Å²) in [6.07, 6.45) is 5.33. The van der Waals surface area contributed by atoms with E-state index in [9.17, 15) is 14.0 Å². The molecule has 1 aliphatic carbocycles. The molecule has 0 spiro atoms. The van der Waals surface area contributed by atoms with E-state index in [0.717, 1.165) is 36.9 Å². The minimum atomic E-state index is -1.11. The number of halogens is 1. The fourth-order valence-electron chi connectivity index (χ4n) is 5.29. The number of carbonyl (C=O) groups is 2. The number of amides is 2. The Morgan fingerprint density at radius 2 is 1.74 bits per heavy atom. The molecule has 2 aromatic carbocycles. The Kier molecular flexibility index (Phi) is 5.98. The highest BCUT2D eigenvalue weighted by Crippen LogP contribution is 2.34. The Morgan fingerprint density at radius 1 is 1.00 bits per heavy atom. The normalized spacial score (nSPS) is 20.8. The van der Waals surface area contributed by atoms with Crippen LogP contribution in [0.5, 0.6) is 0 Å². The average Bonchev–Trinajstić information content (AvgIpc) is 3.26. The molecular weight excluding hydrogens is 429 g/mol. The van der Waals surface area contributed by atoms with E-state index in [4.69, 9.17) is 0 Å². The molecule has 6 heteroatoms. The van der Waals surface area contributed by atoms with Crippen molar-refractivity contribution in [3.05, 3.63) is 83.8 Å². The highest BCUT2D eigenvalue weighted by molar-refractivity contribution is 6.00. The highest BCUT2D eigenvalue weighted by atomic mass is 19.1. The molecule has 0 saturated heterocycles. The van der Waals surface area contributed by atoms with Crippen molar-refractivity contribution in [2.24, 2.45) is 0 Å². The lowest BCUT2D eigenvalue weighted by Crippen LogP contribution is -2.64. The third kappa shape index (κ3) is 4.13. The van der Waals surface area contributed by atoms with Gasteiger partial charge >= 0.3 is 0 Å². The lowest BCUT2D eigenvalue weighted by atomic mass is 9.91. The van der Waals surface area contributed by atoms with E-state index < -0.39 is 5.54 Å². The van der Waals surface area contributed by atoms with Gasteiger partial charge in [0.1, 0.15) is 17.1 Å². The van der Waals surface area contributed by atoms with Gasteiger partial charge in [0.2, 0.25) is 5.91 Å². The van der Waals surface area contributed by atoms with Crippen LogP contribution in [0.15, 0.2) is 66.7 Å². The van der Waals surface area contributed by atoms with Crippen molar-refractivity contribution in [3.63, 3.8) is 0 Å². The van der Waals surface area contributed by atoms with Crippen molar-refractivity contribution in [1.82, 2.24) is 14.8 Å². The van der Waals surface area contributed by atoms with E-state index >= 15 is 0 Å². The number of benzene rings is 2. The summed E-state index contributed by atoms with van der Waals surface area (Å²) in [7, 11) is 0. The fourth-order valence-corrected chi connectivity index (χ4v) is 5.29. The van der Waals surface area contributed by atoms with Gasteiger partial charge in [0.15, 0.2) is 0 Å². The first-order valence-electron chi connectivity index (χ1n) is 12.1. The Morgan fingerprint density at radius 3 is 2.47 bits per heavy atom. The van der Waals surface area contributed by atoms with Crippen LogP contribution in [-0.2, 0) is 17.9 Å². The molecule has 0 unspecified atom stereocenters. The quantitative estimate of drug-likeness (QED) is 0.573. The number of hydrogen-bond acceptors (Lipinski definition) is 2. The van der Waals surface area contributed by atoms with Gasteiger partial charge in [0.05, 0.1) is 6.54 Å². The lowest BCUT2D eigenvalue weighted by Gasteiger charge is -2.45. The zero-order valence-corrected chi connectivity index (χ0v) is 19.5. The Bertz CT molecular complexity index is 1200. The van der Waals surface area contributed by atoms with Gasteiger partial charge in [-0.2, -0.15) is 0 Å². The van der Waals surface area contributed by atoms with E-state index in [1.165, 1.54) is 18.6 Å². The zero-order valence-electron chi connectivity index (χ0n) is 19.5. The van der Waals surface area contributed by atoms with Crippen LogP contribution in [-0.4, -0.2) is 32.9 Å². The minimum absolute atomic E-state index is 0.129. The van der Waals surface area contributed by atoms with E-state index in [1.54, 1.807) is 17.0 Å². The van der Waals surface area contributed by atoms with Gasteiger partial charge in [0, 0.05) is 18.3 Å². The fraction of sp³-hybridized carbons (Fsp3) is 0.357. The Balaban J connectivity index is 1.54. The number of fused-ring (bicyclic) bond motifs is 1. The smallest absolute Gasteiger partial charge is 0.271 e. The third-order valence-corrected chi connectivity index (χ3v) is 7.24. The number of aromatic nitrogens is 1. The predicted molar refractivity (Wildman–Crippen MR) is 130 cm³/mol. The molecule has 1 aromatic heterocycles. The maximum Gasteiger partial charge on any atom is 0.271 e. The van der Waals surface area contributed by atoms with Crippen LogP contribution in [0.25, 0.3) is 11.3 Å². The maximum atomic E-state index is 13.9. The topological polar surface area (TPSA) is 54.3 Å². The van der Waals surface area contributed by atoms with Gasteiger partial charge in [-0.15, -0.1) is 0 Å². The van der Waals surface area contributed by atoms with Crippen LogP contribution >= 0.6 is 0 Å². The molecule has 5 rings (SSSR count). The van der Waals surface area contributed by atoms with E-state index in [-0.39, 0.29) is 30.2 Å². The molecule has 1 N–H and O–H groups in total. The van der Waals surface area contributed by atoms with Crippen LogP contribution in [0.2, 0.25) is 0 Å². The first kappa shape index (κ1) is 22.4. The molecular formula is C28H30FN3O2. The van der Waals surface area contributed by atoms with E-state index in [0.29, 0.717) is 17.8 Å². The molecule has 0 bridgehead atoms. The van der Waals surface area contributed by atoms with E-state index in [2.05, 4.69) is 5.32 Å². The molecule has 2 aliphatic rings. The van der Waals surface area contributed by atoms with Gasteiger partial charge < -0.3 is 14.8 Å². The molecule has 1 fully saturated rings. The molecule has 1 aliphatic heterocycles. The van der Waals surface area contributed by atoms with Gasteiger partial charge in [-0.05, 0) is 55.2 Å². The van der Waals surface area contributed by atoms with Crippen molar-refractivity contribution in [3.8, 4) is 11.3 Å². The average molecular weight is 460 g/mol. The number of hydrogen-bond donors (Lipinski definition) is 1. The summed E-state index contributed by atoms with van der Waals surface area (Å²) in [4.78, 5) is 29.2. The molecule has 3 aromatic rings. The highest BCUT2D eigenvalue weighted by Gasteiger charge is 2.48.